The number of phenolic OH excluding ortho intramolecular Hbond substituents is 2. The number of benzene rings is 2. The molecule has 0 aromatic heterocycles. The Hall–Kier alpha value is -2.66. The SMILES string of the molecule is NCCCCc1cc(O)c2c(c1O)C(=O)c1ccccc1C2=O. The molecule has 1 aliphatic rings. The van der Waals surface area contributed by atoms with E-state index >= 15 is 0 Å². The van der Waals surface area contributed by atoms with Crippen molar-refractivity contribution in [1.29, 1.82) is 0 Å². The van der Waals surface area contributed by atoms with E-state index in [0.29, 0.717) is 18.5 Å². The van der Waals surface area contributed by atoms with Crippen LogP contribution in [0.4, 0.5) is 0 Å². The Morgan fingerprint density at radius 1 is 0.913 bits per heavy atom. The van der Waals surface area contributed by atoms with Crippen molar-refractivity contribution in [3.05, 3.63) is 58.1 Å². The topological polar surface area (TPSA) is 101 Å². The molecular formula is C18H17NO4. The predicted molar refractivity (Wildman–Crippen MR) is 85.1 cm³/mol. The van der Waals surface area contributed by atoms with Gasteiger partial charge < -0.3 is 15.9 Å². The van der Waals surface area contributed by atoms with Crippen molar-refractivity contribution in [3.63, 3.8) is 0 Å². The quantitative estimate of drug-likeness (QED) is 0.506. The number of phenols is 2. The standard InChI is InChI=1S/C18H17NO4/c19-8-4-3-5-10-9-13(20)14-15(16(10)21)18(23)12-7-2-1-6-11(12)17(14)22/h1-2,6-7,9,20-21H,3-5,8,19H2. The Morgan fingerprint density at radius 3 is 2.13 bits per heavy atom. The van der Waals surface area contributed by atoms with Crippen molar-refractivity contribution >= 4 is 11.6 Å². The zero-order chi connectivity index (χ0) is 16.6. The van der Waals surface area contributed by atoms with Gasteiger partial charge in [0.1, 0.15) is 11.5 Å². The zero-order valence-corrected chi connectivity index (χ0v) is 12.5. The third-order valence-corrected chi connectivity index (χ3v) is 4.13. The van der Waals surface area contributed by atoms with Gasteiger partial charge in [0.25, 0.3) is 0 Å². The van der Waals surface area contributed by atoms with Crippen LogP contribution in [0, 0.1) is 0 Å². The van der Waals surface area contributed by atoms with E-state index in [-0.39, 0.29) is 33.8 Å². The van der Waals surface area contributed by atoms with Gasteiger partial charge in [-0.3, -0.25) is 9.59 Å². The molecule has 3 rings (SSSR count). The molecule has 0 heterocycles. The van der Waals surface area contributed by atoms with E-state index in [1.165, 1.54) is 6.07 Å². The van der Waals surface area contributed by atoms with Crippen LogP contribution in [-0.4, -0.2) is 28.3 Å². The monoisotopic (exact) mass is 311 g/mol. The first-order chi connectivity index (χ1) is 11.1. The van der Waals surface area contributed by atoms with Gasteiger partial charge >= 0.3 is 0 Å². The third-order valence-electron chi connectivity index (χ3n) is 4.13. The number of aromatic hydroxyl groups is 2. The Bertz CT molecular complexity index is 811. The van der Waals surface area contributed by atoms with Gasteiger partial charge in [0, 0.05) is 11.1 Å². The summed E-state index contributed by atoms with van der Waals surface area (Å²) in [7, 11) is 0. The summed E-state index contributed by atoms with van der Waals surface area (Å²) in [5, 5.41) is 20.7. The van der Waals surface area contributed by atoms with Crippen molar-refractivity contribution in [3.8, 4) is 11.5 Å². The smallest absolute Gasteiger partial charge is 0.198 e. The zero-order valence-electron chi connectivity index (χ0n) is 12.5. The van der Waals surface area contributed by atoms with Gasteiger partial charge in [0.05, 0.1) is 11.1 Å². The highest BCUT2D eigenvalue weighted by Gasteiger charge is 2.35. The molecule has 5 nitrogen and oxygen atoms in total. The van der Waals surface area contributed by atoms with Crippen molar-refractivity contribution in [1.82, 2.24) is 0 Å². The fraction of sp³-hybridized carbons (Fsp3) is 0.222. The minimum absolute atomic E-state index is 0.101. The first kappa shape index (κ1) is 15.2. The van der Waals surface area contributed by atoms with E-state index in [2.05, 4.69) is 0 Å². The number of aryl methyl sites for hydroxylation is 1. The number of hydrogen-bond acceptors (Lipinski definition) is 5. The minimum Gasteiger partial charge on any atom is -0.507 e. The van der Waals surface area contributed by atoms with E-state index in [1.807, 2.05) is 0 Å². The van der Waals surface area contributed by atoms with Gasteiger partial charge in [-0.2, -0.15) is 0 Å². The lowest BCUT2D eigenvalue weighted by atomic mass is 9.81. The van der Waals surface area contributed by atoms with Crippen LogP contribution in [0.15, 0.2) is 30.3 Å². The van der Waals surface area contributed by atoms with Crippen molar-refractivity contribution < 1.29 is 19.8 Å². The maximum absolute atomic E-state index is 12.7. The fourth-order valence-electron chi connectivity index (χ4n) is 2.96. The van der Waals surface area contributed by atoms with E-state index in [4.69, 9.17) is 5.73 Å². The van der Waals surface area contributed by atoms with Crippen LogP contribution in [-0.2, 0) is 6.42 Å². The van der Waals surface area contributed by atoms with Crippen molar-refractivity contribution in [2.75, 3.05) is 6.54 Å². The molecule has 5 heteroatoms. The predicted octanol–water partition coefficient (Wildman–Crippen LogP) is 2.15. The van der Waals surface area contributed by atoms with E-state index < -0.39 is 11.6 Å². The highest BCUT2D eigenvalue weighted by atomic mass is 16.3. The lowest BCUT2D eigenvalue weighted by molar-refractivity contribution is 0.0974. The number of carbonyl (C=O) groups is 2. The summed E-state index contributed by atoms with van der Waals surface area (Å²) in [5.41, 5.74) is 6.19. The third kappa shape index (κ3) is 2.39. The second-order valence-electron chi connectivity index (χ2n) is 5.60. The van der Waals surface area contributed by atoms with Gasteiger partial charge in [-0.1, -0.05) is 24.3 Å². The maximum Gasteiger partial charge on any atom is 0.198 e. The Balaban J connectivity index is 2.15. The molecule has 0 bridgehead atoms. The van der Waals surface area contributed by atoms with E-state index in [9.17, 15) is 19.8 Å². The fourth-order valence-corrected chi connectivity index (χ4v) is 2.96. The van der Waals surface area contributed by atoms with Crippen LogP contribution in [0.3, 0.4) is 0 Å². The normalized spacial score (nSPS) is 12.9. The molecule has 4 N–H and O–H groups in total. The number of carbonyl (C=O) groups excluding carboxylic acids is 2. The molecule has 0 fully saturated rings. The molecule has 23 heavy (non-hydrogen) atoms. The first-order valence-electron chi connectivity index (χ1n) is 7.52. The summed E-state index contributed by atoms with van der Waals surface area (Å²) < 4.78 is 0. The molecule has 2 aromatic rings. The van der Waals surface area contributed by atoms with E-state index in [0.717, 1.165) is 12.8 Å². The number of unbranched alkanes of at least 4 members (excludes halogenated alkanes) is 1. The largest absolute Gasteiger partial charge is 0.507 e. The molecule has 0 saturated heterocycles. The highest BCUT2D eigenvalue weighted by Crippen LogP contribution is 2.40. The molecule has 118 valence electrons. The average molecular weight is 311 g/mol. The highest BCUT2D eigenvalue weighted by molar-refractivity contribution is 6.30. The average Bonchev–Trinajstić information content (AvgIpc) is 2.55. The minimum atomic E-state index is -0.448. The van der Waals surface area contributed by atoms with Gasteiger partial charge in [0.2, 0.25) is 0 Å². The molecule has 2 aromatic carbocycles. The van der Waals surface area contributed by atoms with Crippen molar-refractivity contribution in [2.45, 2.75) is 19.3 Å². The number of hydrogen-bond donors (Lipinski definition) is 3. The second kappa shape index (κ2) is 5.85. The lowest BCUT2D eigenvalue weighted by Crippen LogP contribution is -2.21. The van der Waals surface area contributed by atoms with E-state index in [1.54, 1.807) is 24.3 Å². The van der Waals surface area contributed by atoms with Crippen LogP contribution in [0.5, 0.6) is 11.5 Å². The van der Waals surface area contributed by atoms with Gasteiger partial charge in [0.15, 0.2) is 11.6 Å². The van der Waals surface area contributed by atoms with Crippen molar-refractivity contribution in [2.24, 2.45) is 5.73 Å². The maximum atomic E-state index is 12.7. The van der Waals surface area contributed by atoms with Crippen LogP contribution < -0.4 is 5.73 Å². The lowest BCUT2D eigenvalue weighted by Gasteiger charge is -2.21. The first-order valence-corrected chi connectivity index (χ1v) is 7.52. The molecule has 0 aliphatic heterocycles. The van der Waals surface area contributed by atoms with Crippen LogP contribution >= 0.6 is 0 Å². The van der Waals surface area contributed by atoms with Crippen LogP contribution in [0.1, 0.15) is 50.2 Å². The molecule has 0 spiro atoms. The molecule has 1 aliphatic carbocycles. The summed E-state index contributed by atoms with van der Waals surface area (Å²) in [5.74, 6) is -1.38. The van der Waals surface area contributed by atoms with Gasteiger partial charge in [-0.15, -0.1) is 0 Å². The number of nitrogens with two attached hydrogens (primary N) is 1. The van der Waals surface area contributed by atoms with Crippen LogP contribution in [0.2, 0.25) is 0 Å². The molecule has 0 saturated carbocycles. The Labute approximate surface area is 133 Å². The summed E-state index contributed by atoms with van der Waals surface area (Å²) in [6.45, 7) is 0.530. The summed E-state index contributed by atoms with van der Waals surface area (Å²) in [4.78, 5) is 25.2. The molecule has 0 radical (unpaired) electrons. The Kier molecular flexibility index (Phi) is 3.88. The summed E-state index contributed by atoms with van der Waals surface area (Å²) in [6, 6.07) is 7.79. The van der Waals surface area contributed by atoms with Gasteiger partial charge in [-0.05, 0) is 37.4 Å². The number of ketones is 2. The summed E-state index contributed by atoms with van der Waals surface area (Å²) >= 11 is 0. The molecular weight excluding hydrogens is 294 g/mol. The van der Waals surface area contributed by atoms with Gasteiger partial charge in [-0.25, -0.2) is 0 Å². The second-order valence-corrected chi connectivity index (χ2v) is 5.60. The number of rotatable bonds is 4. The Morgan fingerprint density at radius 2 is 1.52 bits per heavy atom. The molecule has 0 amide bonds. The molecule has 0 atom stereocenters. The molecule has 0 unspecified atom stereocenters. The van der Waals surface area contributed by atoms with Crippen LogP contribution in [0.25, 0.3) is 0 Å². The summed E-state index contributed by atoms with van der Waals surface area (Å²) in [6.07, 6.45) is 1.97. The number of fused-ring (bicyclic) bond motifs is 2.